The largest absolute Gasteiger partial charge is 0.508 e. The molecule has 0 spiro atoms. The zero-order chi connectivity index (χ0) is 64.1. The molecule has 0 unspecified atom stereocenters. The molecule has 0 aliphatic rings. The van der Waals surface area contributed by atoms with Gasteiger partial charge in [-0.15, -0.1) is 0 Å². The summed E-state index contributed by atoms with van der Waals surface area (Å²) >= 11 is 0. The number of guanidine groups is 2. The van der Waals surface area contributed by atoms with E-state index in [4.69, 9.17) is 33.8 Å². The second kappa shape index (κ2) is 35.4. The summed E-state index contributed by atoms with van der Waals surface area (Å²) in [6, 6.07) is 10.2. The number of carboxylic acid groups (broad SMARTS) is 2. The molecule has 0 fully saturated rings. The number of H-pyrrole nitrogens is 2. The summed E-state index contributed by atoms with van der Waals surface area (Å²) in [5, 5.41) is 68.9. The van der Waals surface area contributed by atoms with Crippen molar-refractivity contribution in [3.63, 3.8) is 0 Å². The summed E-state index contributed by atoms with van der Waals surface area (Å²) in [6.45, 7) is 0.455. The number of carbonyl (C=O) groups is 9. The van der Waals surface area contributed by atoms with Crippen LogP contribution in [0.3, 0.4) is 0 Å². The Morgan fingerprint density at radius 2 is 1.00 bits per heavy atom. The van der Waals surface area contributed by atoms with E-state index in [2.05, 4.69) is 62.8 Å². The third-order valence-corrected chi connectivity index (χ3v) is 14.1. The number of para-hydroxylation sites is 1. The maximum atomic E-state index is 14.6. The fourth-order valence-corrected chi connectivity index (χ4v) is 9.38. The number of benzene rings is 3. The molecular formula is C58H80N18O12. The number of amides is 7. The second-order valence-corrected chi connectivity index (χ2v) is 20.9. The minimum absolute atomic E-state index is 0.00672. The molecule has 24 N–H and O–H groups in total. The van der Waals surface area contributed by atoms with Gasteiger partial charge in [0.1, 0.15) is 48.0 Å². The van der Waals surface area contributed by atoms with Gasteiger partial charge < -0.3 is 96.1 Å². The Kier molecular flexibility index (Phi) is 27.6. The Labute approximate surface area is 506 Å². The van der Waals surface area contributed by atoms with Crippen molar-refractivity contribution in [1.82, 2.24) is 62.8 Å². The zero-order valence-corrected chi connectivity index (χ0v) is 48.4. The number of hydrogen-bond acceptors (Lipinski definition) is 15. The maximum absolute atomic E-state index is 14.6. The molecule has 0 aliphatic heterocycles. The number of carboxylic acids is 2. The topological polar surface area (TPSA) is 519 Å². The number of carbonyl (C=O) groups excluding carboxylic acids is 7. The summed E-state index contributed by atoms with van der Waals surface area (Å²) in [5.74, 6) is -9.64. The average Bonchev–Trinajstić information content (AvgIpc) is 4.34. The maximum Gasteiger partial charge on any atom is 0.326 e. The third kappa shape index (κ3) is 23.4. The summed E-state index contributed by atoms with van der Waals surface area (Å²) in [4.78, 5) is 135. The van der Waals surface area contributed by atoms with Crippen LogP contribution in [0.5, 0.6) is 5.75 Å². The SMILES string of the molecule is N=C(N)NCCC[C@H](NC(=O)[C@H](Cc1c[nH]c2ccccc12)NC(=O)[C@H](Cc1c[nH]cn1)NC(=O)[C@H](CCC(=O)O)NC(=O)[C@H](CCCCN)NC(=O)[C@H](Cc1ccccc1)NC(=O)[C@H](CCCNC(=N)N)NC(=O)[C@@H](N)Cc1ccc(O)cc1)C(=O)O. The van der Waals surface area contributed by atoms with Gasteiger partial charge in [0.25, 0.3) is 0 Å². The lowest BCUT2D eigenvalue weighted by molar-refractivity contribution is -0.142. The first-order valence-corrected chi connectivity index (χ1v) is 28.6. The smallest absolute Gasteiger partial charge is 0.326 e. The number of nitrogens with two attached hydrogens (primary N) is 4. The van der Waals surface area contributed by atoms with Crippen molar-refractivity contribution in [2.24, 2.45) is 22.9 Å². The molecule has 0 saturated carbocycles. The van der Waals surface area contributed by atoms with Crippen LogP contribution >= 0.6 is 0 Å². The number of imidazole rings is 1. The standard InChI is InChI=1S/C58H80N18O12/c59-23-7-6-14-41(71-53(84)45(27-33-10-2-1-3-11-33)74-51(82)42(15-8-24-66-57(61)62)70-49(80)39(60)26-34-17-19-37(77)20-18-34)50(81)72-43(21-22-48(78)79)52(83)76-47(29-36-31-65-32-69-36)55(86)75-46(28-35-30-68-40-13-5-4-12-38(35)40)54(85)73-44(56(87)88)16-9-25-67-58(63)64/h1-5,10-13,17-20,30-32,39,41-47,68,77H,6-9,14-16,21-29,59-60H2,(H,65,69)(H,70,80)(H,71,84)(H,72,81)(H,73,85)(H,74,82)(H,75,86)(H,76,83)(H,78,79)(H,87,88)(H4,61,62,66)(H4,63,64,67)/t39-,41-,42-,43-,44-,45-,46-,47-/m0/s1. The highest BCUT2D eigenvalue weighted by Gasteiger charge is 2.35. The van der Waals surface area contributed by atoms with Gasteiger partial charge >= 0.3 is 11.9 Å². The minimum atomic E-state index is -1.69. The van der Waals surface area contributed by atoms with E-state index in [0.717, 1.165) is 0 Å². The number of nitrogens with zero attached hydrogens (tertiary/aromatic N) is 1. The van der Waals surface area contributed by atoms with Crippen molar-refractivity contribution in [1.29, 1.82) is 10.8 Å². The highest BCUT2D eigenvalue weighted by Crippen LogP contribution is 2.20. The molecular weight excluding hydrogens is 1140 g/mol. The minimum Gasteiger partial charge on any atom is -0.508 e. The van der Waals surface area contributed by atoms with E-state index in [0.29, 0.717) is 34.0 Å². The van der Waals surface area contributed by atoms with Crippen LogP contribution in [0.15, 0.2) is 97.6 Å². The number of aromatic hydroxyl groups is 1. The number of aromatic amines is 2. The van der Waals surface area contributed by atoms with Gasteiger partial charge in [-0.05, 0) is 99.2 Å². The lowest BCUT2D eigenvalue weighted by atomic mass is 10.0. The van der Waals surface area contributed by atoms with Gasteiger partial charge in [0.2, 0.25) is 41.4 Å². The van der Waals surface area contributed by atoms with Gasteiger partial charge in [-0.1, -0.05) is 60.7 Å². The van der Waals surface area contributed by atoms with Crippen molar-refractivity contribution in [3.05, 3.63) is 120 Å². The number of nitrogens with one attached hydrogen (secondary N) is 13. The van der Waals surface area contributed by atoms with E-state index >= 15 is 0 Å². The van der Waals surface area contributed by atoms with Crippen molar-refractivity contribution in [2.75, 3.05) is 19.6 Å². The molecule has 30 nitrogen and oxygen atoms in total. The van der Waals surface area contributed by atoms with Crippen molar-refractivity contribution in [2.45, 2.75) is 132 Å². The van der Waals surface area contributed by atoms with E-state index in [1.807, 2.05) is 0 Å². The zero-order valence-electron chi connectivity index (χ0n) is 48.4. The molecule has 88 heavy (non-hydrogen) atoms. The monoisotopic (exact) mass is 1220 g/mol. The van der Waals surface area contributed by atoms with Crippen LogP contribution in [0, 0.1) is 10.8 Å². The van der Waals surface area contributed by atoms with Crippen LogP contribution in [0.25, 0.3) is 10.9 Å². The molecule has 7 amide bonds. The quantitative estimate of drug-likeness (QED) is 0.0118. The highest BCUT2D eigenvalue weighted by atomic mass is 16.4. The van der Waals surface area contributed by atoms with E-state index in [9.17, 15) is 58.5 Å². The highest BCUT2D eigenvalue weighted by molar-refractivity contribution is 5.98. The Balaban J connectivity index is 1.41. The number of rotatable bonds is 38. The number of fused-ring (bicyclic) bond motifs is 1. The lowest BCUT2D eigenvalue weighted by Gasteiger charge is -2.28. The number of phenols is 1. The molecule has 0 bridgehead atoms. The molecule has 8 atom stereocenters. The molecule has 2 aromatic heterocycles. The normalized spacial score (nSPS) is 13.8. The molecule has 0 radical (unpaired) electrons. The molecule has 0 saturated heterocycles. The summed E-state index contributed by atoms with van der Waals surface area (Å²) in [7, 11) is 0. The fourth-order valence-electron chi connectivity index (χ4n) is 9.38. The van der Waals surface area contributed by atoms with Gasteiger partial charge in [0.05, 0.1) is 18.1 Å². The summed E-state index contributed by atoms with van der Waals surface area (Å²) in [5.41, 5.74) is 25.7. The number of hydrogen-bond donors (Lipinski definition) is 20. The first kappa shape index (κ1) is 68.7. The predicted octanol–water partition coefficient (Wildman–Crippen LogP) is -1.81. The Hall–Kier alpha value is -10.1. The molecule has 474 valence electrons. The van der Waals surface area contributed by atoms with E-state index in [1.54, 1.807) is 72.9 Å². The molecule has 0 aliphatic carbocycles. The van der Waals surface area contributed by atoms with Gasteiger partial charge in [-0.25, -0.2) is 9.78 Å². The first-order chi connectivity index (χ1) is 42.1. The second-order valence-electron chi connectivity index (χ2n) is 20.9. The van der Waals surface area contributed by atoms with Gasteiger partial charge in [-0.2, -0.15) is 0 Å². The summed E-state index contributed by atoms with van der Waals surface area (Å²) < 4.78 is 0. The van der Waals surface area contributed by atoms with E-state index in [-0.39, 0.29) is 107 Å². The van der Waals surface area contributed by atoms with Crippen LogP contribution in [-0.4, -0.2) is 163 Å². The molecule has 5 aromatic rings. The van der Waals surface area contributed by atoms with E-state index < -0.39 is 114 Å². The molecule has 3 aromatic carbocycles. The Morgan fingerprint density at radius 3 is 1.55 bits per heavy atom. The Morgan fingerprint density at radius 1 is 0.523 bits per heavy atom. The van der Waals surface area contributed by atoms with Crippen LogP contribution < -0.4 is 70.8 Å². The summed E-state index contributed by atoms with van der Waals surface area (Å²) in [6.07, 6.45) is 3.42. The van der Waals surface area contributed by atoms with Gasteiger partial charge in [0, 0.05) is 62.1 Å². The lowest BCUT2D eigenvalue weighted by Crippen LogP contribution is -2.60. The number of unbranched alkanes of at least 4 members (excludes halogenated alkanes) is 1. The number of aromatic nitrogens is 3. The third-order valence-electron chi connectivity index (χ3n) is 14.1. The Bertz CT molecular complexity index is 3140. The van der Waals surface area contributed by atoms with Gasteiger partial charge in [-0.3, -0.25) is 49.2 Å². The number of aliphatic carboxylic acids is 2. The molecule has 5 rings (SSSR count). The van der Waals surface area contributed by atoms with Crippen LogP contribution in [0.1, 0.15) is 80.2 Å². The molecule has 2 heterocycles. The predicted molar refractivity (Wildman–Crippen MR) is 323 cm³/mol. The van der Waals surface area contributed by atoms with Crippen molar-refractivity contribution >= 4 is 76.1 Å². The van der Waals surface area contributed by atoms with Gasteiger partial charge in [0.15, 0.2) is 11.9 Å². The molecule has 30 heteroatoms. The first-order valence-electron chi connectivity index (χ1n) is 28.6. The van der Waals surface area contributed by atoms with E-state index in [1.165, 1.54) is 24.7 Å². The number of phenolic OH excluding ortho intramolecular Hbond substituents is 1. The fraction of sp³-hybridized carbons (Fsp3) is 0.414. The van der Waals surface area contributed by atoms with Crippen molar-refractivity contribution < 1.29 is 58.5 Å². The van der Waals surface area contributed by atoms with Crippen molar-refractivity contribution in [3.8, 4) is 5.75 Å². The van der Waals surface area contributed by atoms with Crippen LogP contribution in [0.4, 0.5) is 0 Å². The van der Waals surface area contributed by atoms with Crippen LogP contribution in [-0.2, 0) is 68.8 Å². The van der Waals surface area contributed by atoms with Crippen LogP contribution in [0.2, 0.25) is 0 Å². The average molecular weight is 1220 g/mol.